The molecule has 1 aliphatic carbocycles. The smallest absolute Gasteiger partial charge is 0.0622 e. The molecule has 3 fully saturated rings. The van der Waals surface area contributed by atoms with Crippen molar-refractivity contribution in [1.82, 2.24) is 10.2 Å². The first-order valence-corrected chi connectivity index (χ1v) is 9.12. The normalized spacial score (nSPS) is 37.0. The Morgan fingerprint density at radius 2 is 1.81 bits per heavy atom. The zero-order valence-electron chi connectivity index (χ0n) is 14.2. The molecule has 21 heavy (non-hydrogen) atoms. The van der Waals surface area contributed by atoms with Crippen molar-refractivity contribution >= 4 is 0 Å². The summed E-state index contributed by atoms with van der Waals surface area (Å²) < 4.78 is 5.70. The summed E-state index contributed by atoms with van der Waals surface area (Å²) in [7, 11) is 0. The largest absolute Gasteiger partial charge is 0.380 e. The predicted octanol–water partition coefficient (Wildman–Crippen LogP) is 3.04. The monoisotopic (exact) mass is 294 g/mol. The van der Waals surface area contributed by atoms with E-state index >= 15 is 0 Å². The quantitative estimate of drug-likeness (QED) is 0.847. The lowest BCUT2D eigenvalue weighted by Crippen LogP contribution is -2.64. The molecule has 3 nitrogen and oxygen atoms in total. The van der Waals surface area contributed by atoms with Gasteiger partial charge in [-0.15, -0.1) is 0 Å². The van der Waals surface area contributed by atoms with E-state index in [1.165, 1.54) is 51.6 Å². The molecule has 0 aromatic heterocycles. The van der Waals surface area contributed by atoms with Crippen LogP contribution in [0.15, 0.2) is 0 Å². The molecule has 0 aromatic carbocycles. The van der Waals surface area contributed by atoms with Crippen LogP contribution in [0.5, 0.6) is 0 Å². The standard InChI is InChI=1S/C18H34N2O/c1-18(2,3)17-12-20(15-9-10-21-13-15)16(11-19-17)14-7-5-4-6-8-14/h14-17,19H,4-13H2,1-3H3. The number of hydrogen-bond acceptors (Lipinski definition) is 3. The summed E-state index contributed by atoms with van der Waals surface area (Å²) in [5, 5.41) is 3.88. The van der Waals surface area contributed by atoms with Crippen LogP contribution in [0.25, 0.3) is 0 Å². The lowest BCUT2D eigenvalue weighted by atomic mass is 9.79. The van der Waals surface area contributed by atoms with Crippen molar-refractivity contribution in [2.75, 3.05) is 26.3 Å². The van der Waals surface area contributed by atoms with E-state index in [2.05, 4.69) is 31.0 Å². The fourth-order valence-electron chi connectivity index (χ4n) is 4.53. The summed E-state index contributed by atoms with van der Waals surface area (Å²) >= 11 is 0. The van der Waals surface area contributed by atoms with Gasteiger partial charge in [-0.25, -0.2) is 0 Å². The number of hydrogen-bond donors (Lipinski definition) is 1. The zero-order valence-corrected chi connectivity index (χ0v) is 14.2. The molecule has 2 heterocycles. The second kappa shape index (κ2) is 6.55. The Kier molecular flexibility index (Phi) is 4.92. The predicted molar refractivity (Wildman–Crippen MR) is 87.5 cm³/mol. The van der Waals surface area contributed by atoms with Crippen LogP contribution in [-0.2, 0) is 4.74 Å². The molecule has 122 valence electrons. The molecule has 3 unspecified atom stereocenters. The van der Waals surface area contributed by atoms with Gasteiger partial charge in [0.05, 0.1) is 6.61 Å². The molecule has 0 bridgehead atoms. The third-order valence-electron chi connectivity index (χ3n) is 6.01. The molecule has 3 heteroatoms. The van der Waals surface area contributed by atoms with Crippen molar-refractivity contribution in [2.24, 2.45) is 11.3 Å². The van der Waals surface area contributed by atoms with E-state index in [0.29, 0.717) is 17.5 Å². The van der Waals surface area contributed by atoms with E-state index in [-0.39, 0.29) is 0 Å². The number of rotatable bonds is 2. The van der Waals surface area contributed by atoms with E-state index in [1.807, 2.05) is 0 Å². The molecule has 3 rings (SSSR count). The minimum Gasteiger partial charge on any atom is -0.380 e. The van der Waals surface area contributed by atoms with Crippen LogP contribution >= 0.6 is 0 Å². The van der Waals surface area contributed by atoms with E-state index in [4.69, 9.17) is 4.74 Å². The maximum atomic E-state index is 5.70. The van der Waals surface area contributed by atoms with Gasteiger partial charge >= 0.3 is 0 Å². The topological polar surface area (TPSA) is 24.5 Å². The summed E-state index contributed by atoms with van der Waals surface area (Å²) in [6.45, 7) is 11.4. The van der Waals surface area contributed by atoms with Crippen molar-refractivity contribution in [3.63, 3.8) is 0 Å². The van der Waals surface area contributed by atoms with Gasteiger partial charge in [0.25, 0.3) is 0 Å². The van der Waals surface area contributed by atoms with Gasteiger partial charge in [-0.05, 0) is 30.6 Å². The van der Waals surface area contributed by atoms with E-state index in [9.17, 15) is 0 Å². The zero-order chi connectivity index (χ0) is 14.9. The average molecular weight is 294 g/mol. The van der Waals surface area contributed by atoms with Gasteiger partial charge < -0.3 is 10.1 Å². The summed E-state index contributed by atoms with van der Waals surface area (Å²) in [4.78, 5) is 2.84. The lowest BCUT2D eigenvalue weighted by Gasteiger charge is -2.50. The van der Waals surface area contributed by atoms with Gasteiger partial charge in [-0.2, -0.15) is 0 Å². The van der Waals surface area contributed by atoms with Gasteiger partial charge in [0.1, 0.15) is 0 Å². The molecule has 0 radical (unpaired) electrons. The number of nitrogens with one attached hydrogen (secondary N) is 1. The number of nitrogens with zero attached hydrogens (tertiary/aromatic N) is 1. The van der Waals surface area contributed by atoms with Crippen LogP contribution in [0.1, 0.15) is 59.3 Å². The maximum absolute atomic E-state index is 5.70. The highest BCUT2D eigenvalue weighted by molar-refractivity contribution is 4.97. The lowest BCUT2D eigenvalue weighted by molar-refractivity contribution is 0.00975. The van der Waals surface area contributed by atoms with E-state index in [1.54, 1.807) is 0 Å². The summed E-state index contributed by atoms with van der Waals surface area (Å²) in [6.07, 6.45) is 8.46. The molecule has 0 aromatic rings. The Balaban J connectivity index is 1.72. The fourth-order valence-corrected chi connectivity index (χ4v) is 4.53. The Morgan fingerprint density at radius 1 is 1.05 bits per heavy atom. The highest BCUT2D eigenvalue weighted by atomic mass is 16.5. The molecule has 2 saturated heterocycles. The minimum absolute atomic E-state index is 0.343. The second-order valence-corrected chi connectivity index (χ2v) is 8.51. The first-order valence-electron chi connectivity index (χ1n) is 9.12. The van der Waals surface area contributed by atoms with Crippen molar-refractivity contribution in [3.8, 4) is 0 Å². The molecular weight excluding hydrogens is 260 g/mol. The van der Waals surface area contributed by atoms with Crippen LogP contribution in [0, 0.1) is 11.3 Å². The highest BCUT2D eigenvalue weighted by Gasteiger charge is 2.41. The van der Waals surface area contributed by atoms with Crippen LogP contribution < -0.4 is 5.32 Å². The van der Waals surface area contributed by atoms with E-state index in [0.717, 1.165) is 25.2 Å². The Labute approximate surface area is 130 Å². The Bertz CT molecular complexity index is 327. The summed E-state index contributed by atoms with van der Waals surface area (Å²) in [5.41, 5.74) is 0.343. The Hall–Kier alpha value is -0.120. The fraction of sp³-hybridized carbons (Fsp3) is 1.00. The molecular formula is C18H34N2O. The van der Waals surface area contributed by atoms with Crippen molar-refractivity contribution in [3.05, 3.63) is 0 Å². The maximum Gasteiger partial charge on any atom is 0.0622 e. The first kappa shape index (κ1) is 15.8. The second-order valence-electron chi connectivity index (χ2n) is 8.51. The first-order chi connectivity index (χ1) is 10.1. The van der Waals surface area contributed by atoms with E-state index < -0.39 is 0 Å². The van der Waals surface area contributed by atoms with Crippen molar-refractivity contribution in [1.29, 1.82) is 0 Å². The van der Waals surface area contributed by atoms with Crippen LogP contribution in [0.4, 0.5) is 0 Å². The number of ether oxygens (including phenoxy) is 1. The van der Waals surface area contributed by atoms with Gasteiger partial charge in [-0.1, -0.05) is 40.0 Å². The SMILES string of the molecule is CC(C)(C)C1CN(C2CCOC2)C(C2CCCCC2)CN1. The van der Waals surface area contributed by atoms with Crippen LogP contribution in [-0.4, -0.2) is 49.3 Å². The van der Waals surface area contributed by atoms with Gasteiger partial charge in [0, 0.05) is 37.8 Å². The molecule has 3 atom stereocenters. The summed E-state index contributed by atoms with van der Waals surface area (Å²) in [5.74, 6) is 0.910. The number of piperazine rings is 1. The third-order valence-corrected chi connectivity index (χ3v) is 6.01. The Morgan fingerprint density at radius 3 is 2.43 bits per heavy atom. The minimum atomic E-state index is 0.343. The van der Waals surface area contributed by atoms with Crippen LogP contribution in [0.3, 0.4) is 0 Å². The van der Waals surface area contributed by atoms with Gasteiger partial charge in [-0.3, -0.25) is 4.90 Å². The highest BCUT2D eigenvalue weighted by Crippen LogP contribution is 2.34. The van der Waals surface area contributed by atoms with Gasteiger partial charge in [0.15, 0.2) is 0 Å². The molecule has 1 saturated carbocycles. The molecule has 0 spiro atoms. The molecule has 0 amide bonds. The molecule has 3 aliphatic rings. The summed E-state index contributed by atoms with van der Waals surface area (Å²) in [6, 6.07) is 2.03. The molecule has 2 aliphatic heterocycles. The van der Waals surface area contributed by atoms with Gasteiger partial charge in [0.2, 0.25) is 0 Å². The average Bonchev–Trinajstić information content (AvgIpc) is 3.01. The van der Waals surface area contributed by atoms with Crippen molar-refractivity contribution in [2.45, 2.75) is 77.4 Å². The third kappa shape index (κ3) is 3.62. The molecule has 1 N–H and O–H groups in total. The van der Waals surface area contributed by atoms with Crippen molar-refractivity contribution < 1.29 is 4.74 Å². The van der Waals surface area contributed by atoms with Crippen LogP contribution in [0.2, 0.25) is 0 Å².